The summed E-state index contributed by atoms with van der Waals surface area (Å²) in [4.78, 5) is 4.34. The fourth-order valence-electron chi connectivity index (χ4n) is 1.40. The van der Waals surface area contributed by atoms with Gasteiger partial charge in [0, 0.05) is 24.7 Å². The maximum atomic E-state index is 5.43. The zero-order valence-corrected chi connectivity index (χ0v) is 11.8. The molecule has 8 heteroatoms. The van der Waals surface area contributed by atoms with E-state index in [4.69, 9.17) is 9.15 Å². The molecule has 0 aromatic carbocycles. The fraction of sp³-hybridized carbons (Fsp3) is 0.545. The molecule has 0 atom stereocenters. The number of methoxy groups -OCH3 is 1. The smallest absolute Gasteiger partial charge is 0.315 e. The lowest BCUT2D eigenvalue weighted by atomic mass is 10.6. The normalized spacial score (nSPS) is 10.8. The van der Waals surface area contributed by atoms with Crippen LogP contribution in [0.4, 0.5) is 6.01 Å². The van der Waals surface area contributed by atoms with E-state index in [-0.39, 0.29) is 0 Å². The van der Waals surface area contributed by atoms with Gasteiger partial charge in [-0.05, 0) is 6.92 Å². The summed E-state index contributed by atoms with van der Waals surface area (Å²) in [5.74, 6) is 0.550. The van der Waals surface area contributed by atoms with Crippen molar-refractivity contribution in [3.8, 4) is 0 Å². The van der Waals surface area contributed by atoms with E-state index in [0.29, 0.717) is 31.6 Å². The van der Waals surface area contributed by atoms with Crippen LogP contribution in [0.2, 0.25) is 0 Å². The molecule has 2 rings (SSSR count). The van der Waals surface area contributed by atoms with Crippen LogP contribution in [0.1, 0.15) is 16.6 Å². The molecular formula is C11H17N5O2S. The summed E-state index contributed by atoms with van der Waals surface area (Å²) in [5.41, 5.74) is 1.02. The number of ether oxygens (including phenoxy) is 1. The molecule has 0 aliphatic rings. The molecule has 2 heterocycles. The molecule has 2 N–H and O–H groups in total. The number of rotatable bonds is 8. The topological polar surface area (TPSA) is 85.1 Å². The molecule has 104 valence electrons. The summed E-state index contributed by atoms with van der Waals surface area (Å²) in [5, 5.41) is 17.0. The molecule has 0 aliphatic carbocycles. The van der Waals surface area contributed by atoms with Gasteiger partial charge in [0.2, 0.25) is 5.89 Å². The van der Waals surface area contributed by atoms with Gasteiger partial charge in [-0.3, -0.25) is 0 Å². The number of hydrogen-bond acceptors (Lipinski definition) is 8. The lowest BCUT2D eigenvalue weighted by molar-refractivity contribution is 0.198. The van der Waals surface area contributed by atoms with E-state index in [9.17, 15) is 0 Å². The lowest BCUT2D eigenvalue weighted by Gasteiger charge is -1.99. The quantitative estimate of drug-likeness (QED) is 0.704. The Hall–Kier alpha value is -1.51. The highest BCUT2D eigenvalue weighted by atomic mass is 32.1. The molecule has 2 aromatic heterocycles. The van der Waals surface area contributed by atoms with Gasteiger partial charge in [0.15, 0.2) is 0 Å². The van der Waals surface area contributed by atoms with Crippen LogP contribution in [-0.4, -0.2) is 35.4 Å². The minimum absolute atomic E-state index is 0.413. The van der Waals surface area contributed by atoms with Crippen molar-refractivity contribution in [2.45, 2.75) is 20.0 Å². The second-order valence-corrected chi connectivity index (χ2v) is 4.85. The predicted molar refractivity (Wildman–Crippen MR) is 72.1 cm³/mol. The van der Waals surface area contributed by atoms with Crippen LogP contribution < -0.4 is 10.6 Å². The first kappa shape index (κ1) is 13.9. The predicted octanol–water partition coefficient (Wildman–Crippen LogP) is 1.18. The molecule has 0 fully saturated rings. The van der Waals surface area contributed by atoms with Crippen LogP contribution in [0, 0.1) is 6.92 Å². The fourth-order valence-corrected chi connectivity index (χ4v) is 2.11. The van der Waals surface area contributed by atoms with E-state index in [2.05, 4.69) is 25.8 Å². The van der Waals surface area contributed by atoms with Gasteiger partial charge in [0.25, 0.3) is 0 Å². The third-order valence-electron chi connectivity index (χ3n) is 2.28. The summed E-state index contributed by atoms with van der Waals surface area (Å²) in [7, 11) is 1.66. The third kappa shape index (κ3) is 4.58. The van der Waals surface area contributed by atoms with Crippen molar-refractivity contribution in [3.63, 3.8) is 0 Å². The van der Waals surface area contributed by atoms with Crippen molar-refractivity contribution in [1.82, 2.24) is 20.5 Å². The van der Waals surface area contributed by atoms with Crippen molar-refractivity contribution in [3.05, 3.63) is 22.0 Å². The lowest BCUT2D eigenvalue weighted by Crippen LogP contribution is -2.18. The summed E-state index contributed by atoms with van der Waals surface area (Å²) in [6, 6.07) is 0.413. The largest absolute Gasteiger partial charge is 0.407 e. The molecule has 0 saturated heterocycles. The van der Waals surface area contributed by atoms with E-state index in [1.54, 1.807) is 18.4 Å². The standard InChI is InChI=1S/C11H17N5O2S/c1-8-7-19-10(14-8)6-13-11-16-15-9(18-11)5-12-3-4-17-2/h7,12H,3-6H2,1-2H3,(H,13,16). The van der Waals surface area contributed by atoms with Gasteiger partial charge in [0.05, 0.1) is 19.7 Å². The van der Waals surface area contributed by atoms with Crippen LogP contribution in [0.3, 0.4) is 0 Å². The molecule has 0 spiro atoms. The average molecular weight is 283 g/mol. The van der Waals surface area contributed by atoms with E-state index in [1.807, 2.05) is 12.3 Å². The Morgan fingerprint density at radius 1 is 1.37 bits per heavy atom. The van der Waals surface area contributed by atoms with Crippen molar-refractivity contribution < 1.29 is 9.15 Å². The van der Waals surface area contributed by atoms with Crippen molar-refractivity contribution in [2.75, 3.05) is 25.6 Å². The highest BCUT2D eigenvalue weighted by Crippen LogP contribution is 2.11. The summed E-state index contributed by atoms with van der Waals surface area (Å²) < 4.78 is 10.4. The summed E-state index contributed by atoms with van der Waals surface area (Å²) >= 11 is 1.61. The van der Waals surface area contributed by atoms with Crippen LogP contribution in [0.25, 0.3) is 0 Å². The van der Waals surface area contributed by atoms with Gasteiger partial charge in [-0.2, -0.15) is 0 Å². The molecule has 19 heavy (non-hydrogen) atoms. The first-order chi connectivity index (χ1) is 9.28. The Morgan fingerprint density at radius 3 is 3.00 bits per heavy atom. The first-order valence-electron chi connectivity index (χ1n) is 5.95. The molecule has 0 saturated carbocycles. The van der Waals surface area contributed by atoms with Crippen molar-refractivity contribution in [1.29, 1.82) is 0 Å². The SMILES string of the molecule is COCCNCc1nnc(NCc2nc(C)cs2)o1. The highest BCUT2D eigenvalue weighted by Gasteiger charge is 2.06. The van der Waals surface area contributed by atoms with Crippen LogP contribution in [0.5, 0.6) is 0 Å². The minimum Gasteiger partial charge on any atom is -0.407 e. The molecule has 7 nitrogen and oxygen atoms in total. The molecule has 0 radical (unpaired) electrons. The average Bonchev–Trinajstić information content (AvgIpc) is 3.01. The van der Waals surface area contributed by atoms with Gasteiger partial charge >= 0.3 is 6.01 Å². The first-order valence-corrected chi connectivity index (χ1v) is 6.83. The zero-order chi connectivity index (χ0) is 13.5. The number of thiazole rings is 1. The summed E-state index contributed by atoms with van der Waals surface area (Å²) in [6.07, 6.45) is 0. The molecule has 0 aliphatic heterocycles. The van der Waals surface area contributed by atoms with Gasteiger partial charge in [-0.15, -0.1) is 16.4 Å². The number of aromatic nitrogens is 3. The Balaban J connectivity index is 1.74. The van der Waals surface area contributed by atoms with Gasteiger partial charge < -0.3 is 19.8 Å². The molecular weight excluding hydrogens is 266 g/mol. The minimum atomic E-state index is 0.413. The van der Waals surface area contributed by atoms with E-state index < -0.39 is 0 Å². The Labute approximate surface area is 115 Å². The number of nitrogens with zero attached hydrogens (tertiary/aromatic N) is 3. The van der Waals surface area contributed by atoms with Crippen LogP contribution in [-0.2, 0) is 17.8 Å². The maximum Gasteiger partial charge on any atom is 0.315 e. The molecule has 0 amide bonds. The second kappa shape index (κ2) is 7.17. The Kier molecular flexibility index (Phi) is 5.25. The third-order valence-corrected chi connectivity index (χ3v) is 3.25. The second-order valence-electron chi connectivity index (χ2n) is 3.91. The van der Waals surface area contributed by atoms with Crippen molar-refractivity contribution >= 4 is 17.4 Å². The van der Waals surface area contributed by atoms with Crippen molar-refractivity contribution in [2.24, 2.45) is 0 Å². The number of hydrogen-bond donors (Lipinski definition) is 2. The number of aryl methyl sites for hydroxylation is 1. The van der Waals surface area contributed by atoms with E-state index in [1.165, 1.54) is 0 Å². The molecule has 2 aromatic rings. The van der Waals surface area contributed by atoms with E-state index >= 15 is 0 Å². The molecule has 0 unspecified atom stereocenters. The van der Waals surface area contributed by atoms with Gasteiger partial charge in [0.1, 0.15) is 5.01 Å². The van der Waals surface area contributed by atoms with E-state index in [0.717, 1.165) is 17.2 Å². The Bertz CT molecular complexity index is 499. The summed E-state index contributed by atoms with van der Waals surface area (Å²) in [6.45, 7) is 4.50. The zero-order valence-electron chi connectivity index (χ0n) is 11.0. The van der Waals surface area contributed by atoms with Crippen LogP contribution in [0.15, 0.2) is 9.80 Å². The van der Waals surface area contributed by atoms with Crippen LogP contribution >= 0.6 is 11.3 Å². The number of anilines is 1. The monoisotopic (exact) mass is 283 g/mol. The Morgan fingerprint density at radius 2 is 2.26 bits per heavy atom. The maximum absolute atomic E-state index is 5.43. The van der Waals surface area contributed by atoms with Gasteiger partial charge in [-0.25, -0.2) is 4.98 Å². The van der Waals surface area contributed by atoms with Gasteiger partial charge in [-0.1, -0.05) is 5.10 Å². The number of nitrogens with one attached hydrogen (secondary N) is 2. The molecule has 0 bridgehead atoms. The highest BCUT2D eigenvalue weighted by molar-refractivity contribution is 7.09.